The summed E-state index contributed by atoms with van der Waals surface area (Å²) in [5, 5.41) is 13.4. The van der Waals surface area contributed by atoms with Gasteiger partial charge in [0.25, 0.3) is 5.91 Å². The highest BCUT2D eigenvalue weighted by Gasteiger charge is 2.24. The maximum atomic E-state index is 12.5. The van der Waals surface area contributed by atoms with Crippen LogP contribution in [-0.4, -0.2) is 64.2 Å². The van der Waals surface area contributed by atoms with Crippen LogP contribution in [0.3, 0.4) is 0 Å². The summed E-state index contributed by atoms with van der Waals surface area (Å²) in [6.45, 7) is 5.54. The number of nitrogens with two attached hydrogens (primary N) is 1. The van der Waals surface area contributed by atoms with Crippen LogP contribution >= 0.6 is 0 Å². The Morgan fingerprint density at radius 1 is 1.00 bits per heavy atom. The lowest BCUT2D eigenvalue weighted by Gasteiger charge is -2.27. The highest BCUT2D eigenvalue weighted by molar-refractivity contribution is 5.96. The van der Waals surface area contributed by atoms with E-state index in [4.69, 9.17) is 24.7 Å². The number of benzene rings is 2. The van der Waals surface area contributed by atoms with Crippen LogP contribution in [0.4, 0.5) is 0 Å². The molecule has 1 amide bonds. The fourth-order valence-corrected chi connectivity index (χ4v) is 4.02. The van der Waals surface area contributed by atoms with Crippen LogP contribution in [0.1, 0.15) is 42.6 Å². The molecule has 36 heavy (non-hydrogen) atoms. The molecule has 0 spiro atoms. The Kier molecular flexibility index (Phi) is 12.5. The van der Waals surface area contributed by atoms with Gasteiger partial charge in [0, 0.05) is 32.7 Å². The number of amides is 1. The summed E-state index contributed by atoms with van der Waals surface area (Å²) in [5.74, 6) is 2.15. The Morgan fingerprint density at radius 2 is 1.72 bits per heavy atom. The molecule has 0 saturated heterocycles. The molecule has 0 aliphatic heterocycles. The molecule has 0 radical (unpaired) electrons. The summed E-state index contributed by atoms with van der Waals surface area (Å²) in [7, 11) is 4.81. The van der Waals surface area contributed by atoms with Crippen molar-refractivity contribution in [3.8, 4) is 17.2 Å². The number of para-hydroxylation sites is 1. The highest BCUT2D eigenvalue weighted by Crippen LogP contribution is 2.31. The molecule has 0 unspecified atom stereocenters. The summed E-state index contributed by atoms with van der Waals surface area (Å²) in [6, 6.07) is 12.4. The summed E-state index contributed by atoms with van der Waals surface area (Å²) in [5.41, 5.74) is 7.91. The molecule has 4 N–H and O–H groups in total. The number of hydrogen-bond donors (Lipinski definition) is 3. The predicted octanol–water partition coefficient (Wildman–Crippen LogP) is 3.44. The molecule has 200 valence electrons. The third kappa shape index (κ3) is 9.00. The van der Waals surface area contributed by atoms with E-state index in [1.165, 1.54) is 7.11 Å². The van der Waals surface area contributed by atoms with E-state index in [0.717, 1.165) is 18.4 Å². The van der Waals surface area contributed by atoms with Crippen molar-refractivity contribution in [2.45, 2.75) is 45.3 Å². The minimum Gasteiger partial charge on any atom is -0.496 e. The molecule has 2 aromatic rings. The Labute approximate surface area is 215 Å². The topological polar surface area (TPSA) is 112 Å². The number of ether oxygens (including phenoxy) is 4. The van der Waals surface area contributed by atoms with E-state index >= 15 is 0 Å². The van der Waals surface area contributed by atoms with Gasteiger partial charge < -0.3 is 35.1 Å². The first-order valence-corrected chi connectivity index (χ1v) is 12.4. The molecule has 0 saturated carbocycles. The van der Waals surface area contributed by atoms with Gasteiger partial charge in [-0.2, -0.15) is 0 Å². The van der Waals surface area contributed by atoms with Gasteiger partial charge in [-0.3, -0.25) is 4.79 Å². The average Bonchev–Trinajstić information content (AvgIpc) is 2.89. The number of nitrogens with one attached hydrogen (secondary N) is 1. The van der Waals surface area contributed by atoms with E-state index in [1.54, 1.807) is 38.5 Å². The van der Waals surface area contributed by atoms with Crippen LogP contribution in [0, 0.1) is 11.8 Å². The van der Waals surface area contributed by atoms with Gasteiger partial charge in [0.2, 0.25) is 0 Å². The van der Waals surface area contributed by atoms with Gasteiger partial charge in [-0.15, -0.1) is 0 Å². The molecule has 0 aliphatic rings. The van der Waals surface area contributed by atoms with Crippen molar-refractivity contribution in [2.75, 3.05) is 41.1 Å². The second-order valence-electron chi connectivity index (χ2n) is 9.27. The molecule has 2 aromatic carbocycles. The zero-order valence-corrected chi connectivity index (χ0v) is 22.2. The number of hydrogen-bond acceptors (Lipinski definition) is 7. The quantitative estimate of drug-likeness (QED) is 0.302. The number of aliphatic hydroxyl groups is 1. The van der Waals surface area contributed by atoms with Crippen LogP contribution in [0.15, 0.2) is 42.5 Å². The first-order valence-electron chi connectivity index (χ1n) is 12.4. The molecular formula is C28H42N2O6. The molecular weight excluding hydrogens is 460 g/mol. The van der Waals surface area contributed by atoms with E-state index < -0.39 is 12.1 Å². The van der Waals surface area contributed by atoms with E-state index in [9.17, 15) is 9.90 Å². The minimum absolute atomic E-state index is 0.0604. The Balaban J connectivity index is 1.97. The van der Waals surface area contributed by atoms with Gasteiger partial charge in [-0.25, -0.2) is 0 Å². The van der Waals surface area contributed by atoms with Crippen LogP contribution in [0.2, 0.25) is 0 Å². The SMILES string of the molecule is COCCCOc1cc(C[C@@H](C[C@H](N)[C@@H](O)CNC(=O)c2ccccc2OC)C(C)C)ccc1OC. The standard InChI is InChI=1S/C28H42N2O6/c1-19(2)21(15-20-11-12-26(35-5)27(16-20)36-14-8-13-33-3)17-23(29)24(31)18-30-28(32)22-9-6-7-10-25(22)34-4/h6-7,9-12,16,19,21,23-24,31H,8,13-15,17-18,29H2,1-5H3,(H,30,32)/t21-,23-,24-/m0/s1. The predicted molar refractivity (Wildman–Crippen MR) is 141 cm³/mol. The van der Waals surface area contributed by atoms with Gasteiger partial charge in [0.1, 0.15) is 5.75 Å². The molecule has 0 aliphatic carbocycles. The number of methoxy groups -OCH3 is 3. The van der Waals surface area contributed by atoms with Gasteiger partial charge in [0.05, 0.1) is 32.5 Å². The third-order valence-electron chi connectivity index (χ3n) is 6.31. The van der Waals surface area contributed by atoms with Gasteiger partial charge >= 0.3 is 0 Å². The summed E-state index contributed by atoms with van der Waals surface area (Å²) in [4.78, 5) is 12.5. The van der Waals surface area contributed by atoms with E-state index in [2.05, 4.69) is 19.2 Å². The Hall–Kier alpha value is -2.81. The Bertz CT molecular complexity index is 936. The van der Waals surface area contributed by atoms with Crippen molar-refractivity contribution in [2.24, 2.45) is 17.6 Å². The fraction of sp³-hybridized carbons (Fsp3) is 0.536. The Morgan fingerprint density at radius 3 is 2.39 bits per heavy atom. The maximum Gasteiger partial charge on any atom is 0.255 e. The smallest absolute Gasteiger partial charge is 0.255 e. The second kappa shape index (κ2) is 15.3. The lowest BCUT2D eigenvalue weighted by Crippen LogP contribution is -2.45. The van der Waals surface area contributed by atoms with Crippen LogP contribution in [0.25, 0.3) is 0 Å². The molecule has 8 heteroatoms. The normalized spacial score (nSPS) is 13.7. The van der Waals surface area contributed by atoms with Crippen molar-refractivity contribution in [3.05, 3.63) is 53.6 Å². The zero-order chi connectivity index (χ0) is 26.5. The van der Waals surface area contributed by atoms with Crippen molar-refractivity contribution in [1.82, 2.24) is 5.32 Å². The number of aliphatic hydroxyl groups excluding tert-OH is 1. The summed E-state index contributed by atoms with van der Waals surface area (Å²) < 4.78 is 21.7. The van der Waals surface area contributed by atoms with Crippen LogP contribution < -0.4 is 25.3 Å². The third-order valence-corrected chi connectivity index (χ3v) is 6.31. The first kappa shape index (κ1) is 29.4. The van der Waals surface area contributed by atoms with Crippen molar-refractivity contribution < 1.29 is 28.8 Å². The molecule has 0 aromatic heterocycles. The average molecular weight is 503 g/mol. The molecule has 0 heterocycles. The first-order chi connectivity index (χ1) is 17.3. The molecule has 0 fully saturated rings. The van der Waals surface area contributed by atoms with Crippen molar-refractivity contribution >= 4 is 5.91 Å². The summed E-state index contributed by atoms with van der Waals surface area (Å²) in [6.07, 6.45) is 1.31. The van der Waals surface area contributed by atoms with Crippen molar-refractivity contribution in [1.29, 1.82) is 0 Å². The molecule has 3 atom stereocenters. The minimum atomic E-state index is -0.875. The van der Waals surface area contributed by atoms with Gasteiger partial charge in [-0.05, 0) is 54.5 Å². The lowest BCUT2D eigenvalue weighted by atomic mass is 9.83. The fourth-order valence-electron chi connectivity index (χ4n) is 4.02. The summed E-state index contributed by atoms with van der Waals surface area (Å²) >= 11 is 0. The molecule has 0 bridgehead atoms. The van der Waals surface area contributed by atoms with Gasteiger partial charge in [-0.1, -0.05) is 32.0 Å². The zero-order valence-electron chi connectivity index (χ0n) is 22.2. The number of carbonyl (C=O) groups excluding carboxylic acids is 1. The van der Waals surface area contributed by atoms with E-state index in [-0.39, 0.29) is 18.4 Å². The van der Waals surface area contributed by atoms with E-state index in [0.29, 0.717) is 48.4 Å². The monoisotopic (exact) mass is 502 g/mol. The number of carbonyl (C=O) groups is 1. The lowest BCUT2D eigenvalue weighted by molar-refractivity contribution is 0.0875. The second-order valence-corrected chi connectivity index (χ2v) is 9.27. The molecule has 2 rings (SSSR count). The van der Waals surface area contributed by atoms with Crippen LogP contribution in [-0.2, 0) is 11.2 Å². The largest absolute Gasteiger partial charge is 0.496 e. The van der Waals surface area contributed by atoms with E-state index in [1.807, 2.05) is 18.2 Å². The van der Waals surface area contributed by atoms with Crippen molar-refractivity contribution in [3.63, 3.8) is 0 Å². The molecule has 8 nitrogen and oxygen atoms in total. The number of rotatable bonds is 16. The maximum absolute atomic E-state index is 12.5. The van der Waals surface area contributed by atoms with Gasteiger partial charge in [0.15, 0.2) is 11.5 Å². The van der Waals surface area contributed by atoms with Crippen LogP contribution in [0.5, 0.6) is 17.2 Å². The highest BCUT2D eigenvalue weighted by atomic mass is 16.5.